The predicted octanol–water partition coefficient (Wildman–Crippen LogP) is 6.58. The number of H-pyrrole nitrogens is 2. The molecular weight excluding hydrogens is 732 g/mol. The van der Waals surface area contributed by atoms with Crippen LogP contribution in [0.25, 0.3) is 44.2 Å². The molecule has 0 saturated heterocycles. The van der Waals surface area contributed by atoms with E-state index in [-0.39, 0.29) is 24.1 Å². The molecule has 0 fully saturated rings. The van der Waals surface area contributed by atoms with Gasteiger partial charge < -0.3 is 34.6 Å². The SMILES string of the molecule is CCCN(Cc1ncc(-c2ccc3c(c2)COc2cc4c(ccc5[nH]c(CN(CCC)C(=O)C(c6ccccc6)N(F)C(=O)OC)nc54)cc2-3)[nH]1)C(=O)CNC=O. The minimum absolute atomic E-state index is 0.0597. The highest BCUT2D eigenvalue weighted by atomic mass is 19.2. The van der Waals surface area contributed by atoms with Gasteiger partial charge in [0, 0.05) is 24.0 Å². The van der Waals surface area contributed by atoms with Gasteiger partial charge in [-0.1, -0.05) is 66.9 Å². The molecule has 0 bridgehead atoms. The molecule has 2 aromatic heterocycles. The second-order valence-electron chi connectivity index (χ2n) is 13.8. The first-order valence-corrected chi connectivity index (χ1v) is 18.8. The average molecular weight is 775 g/mol. The van der Waals surface area contributed by atoms with Gasteiger partial charge in [-0.25, -0.2) is 14.8 Å². The second-order valence-corrected chi connectivity index (χ2v) is 13.8. The molecule has 14 nitrogen and oxygen atoms in total. The van der Waals surface area contributed by atoms with Gasteiger partial charge in [-0.15, -0.1) is 5.12 Å². The van der Waals surface area contributed by atoms with E-state index >= 15 is 4.48 Å². The summed E-state index contributed by atoms with van der Waals surface area (Å²) in [6.07, 6.45) is 2.36. The molecule has 1 aliphatic rings. The van der Waals surface area contributed by atoms with Crippen molar-refractivity contribution >= 4 is 46.1 Å². The van der Waals surface area contributed by atoms with Gasteiger partial charge in [0.1, 0.15) is 24.0 Å². The number of benzene rings is 4. The number of halogens is 1. The highest BCUT2D eigenvalue weighted by Gasteiger charge is 2.36. The van der Waals surface area contributed by atoms with Crippen molar-refractivity contribution in [2.75, 3.05) is 26.7 Å². The summed E-state index contributed by atoms with van der Waals surface area (Å²) in [6.45, 7) is 5.39. The lowest BCUT2D eigenvalue weighted by Crippen LogP contribution is -2.42. The highest BCUT2D eigenvalue weighted by Crippen LogP contribution is 2.42. The molecule has 1 atom stereocenters. The fourth-order valence-electron chi connectivity index (χ4n) is 7.24. The van der Waals surface area contributed by atoms with Gasteiger partial charge in [0.25, 0.3) is 5.91 Å². The Bertz CT molecular complexity index is 2430. The van der Waals surface area contributed by atoms with E-state index in [0.717, 1.165) is 57.8 Å². The molecule has 4 aromatic carbocycles. The van der Waals surface area contributed by atoms with Crippen molar-refractivity contribution < 1.29 is 33.1 Å². The predicted molar refractivity (Wildman–Crippen MR) is 211 cm³/mol. The number of hydrogen-bond acceptors (Lipinski definition) is 8. The van der Waals surface area contributed by atoms with Crippen LogP contribution in [0.2, 0.25) is 0 Å². The zero-order valence-corrected chi connectivity index (χ0v) is 31.9. The van der Waals surface area contributed by atoms with Crippen LogP contribution < -0.4 is 10.1 Å². The summed E-state index contributed by atoms with van der Waals surface area (Å²) in [4.78, 5) is 68.7. The molecular formula is C42H43FN8O6. The minimum Gasteiger partial charge on any atom is -0.488 e. The van der Waals surface area contributed by atoms with Crippen LogP contribution in [-0.2, 0) is 38.8 Å². The van der Waals surface area contributed by atoms with Crippen LogP contribution in [0.3, 0.4) is 0 Å². The molecule has 1 unspecified atom stereocenters. The first-order valence-electron chi connectivity index (χ1n) is 18.8. The number of rotatable bonds is 15. The fraction of sp³-hybridized carbons (Fsp3) is 0.286. The zero-order valence-electron chi connectivity index (χ0n) is 31.9. The summed E-state index contributed by atoms with van der Waals surface area (Å²) in [6, 6.07) is 21.0. The maximum absolute atomic E-state index is 15.4. The Morgan fingerprint density at radius 2 is 1.72 bits per heavy atom. The van der Waals surface area contributed by atoms with E-state index < -0.39 is 18.0 Å². The van der Waals surface area contributed by atoms with Gasteiger partial charge in [0.05, 0.1) is 49.7 Å². The van der Waals surface area contributed by atoms with Crippen LogP contribution in [0.15, 0.2) is 79.0 Å². The first-order chi connectivity index (χ1) is 27.7. The topological polar surface area (TPSA) is 166 Å². The number of carbonyl (C=O) groups excluding carboxylic acids is 4. The molecule has 3 N–H and O–H groups in total. The molecule has 4 amide bonds. The fourth-order valence-corrected chi connectivity index (χ4v) is 7.24. The monoisotopic (exact) mass is 774 g/mol. The largest absolute Gasteiger partial charge is 0.488 e. The maximum atomic E-state index is 15.4. The Morgan fingerprint density at radius 3 is 2.47 bits per heavy atom. The standard InChI is InChI=1S/C42H43FN8O6/c1-4-15-49(38(53)21-44-25-52)22-36-45-20-34(47-36)28-11-13-30-29(17-28)24-57-35-19-31-27(18-32(30)35)12-14-33-39(31)48-37(46-33)23-50(16-5-2)41(54)40(51(43)42(55)56-3)26-9-7-6-8-10-26/h6-14,17-20,25,40H,4-5,15-16,21-24H2,1-3H3,(H,44,52)(H,45,47)(H,46,48). The van der Waals surface area contributed by atoms with E-state index in [9.17, 15) is 19.2 Å². The smallest absolute Gasteiger partial charge is 0.438 e. The van der Waals surface area contributed by atoms with Crippen molar-refractivity contribution in [3.63, 3.8) is 0 Å². The van der Waals surface area contributed by atoms with E-state index in [0.29, 0.717) is 67.6 Å². The Hall–Kier alpha value is -6.77. The third-order valence-corrected chi connectivity index (χ3v) is 9.93. The molecule has 294 valence electrons. The molecule has 0 aliphatic carbocycles. The summed E-state index contributed by atoms with van der Waals surface area (Å²) in [5, 5.41) is 4.08. The van der Waals surface area contributed by atoms with Gasteiger partial charge in [-0.2, -0.15) is 0 Å². The number of fused-ring (bicyclic) bond motifs is 6. The Labute approximate surface area is 327 Å². The Kier molecular flexibility index (Phi) is 11.4. The van der Waals surface area contributed by atoms with Gasteiger partial charge in [-0.3, -0.25) is 14.4 Å². The molecule has 6 aromatic rings. The van der Waals surface area contributed by atoms with E-state index in [2.05, 4.69) is 43.2 Å². The Balaban J connectivity index is 1.13. The van der Waals surface area contributed by atoms with Crippen molar-refractivity contribution in [3.8, 4) is 28.1 Å². The summed E-state index contributed by atoms with van der Waals surface area (Å²) in [5.41, 5.74) is 6.52. The normalized spacial score (nSPS) is 12.3. The quantitative estimate of drug-likeness (QED) is 0.0778. The minimum atomic E-state index is -1.54. The van der Waals surface area contributed by atoms with Crippen LogP contribution in [-0.4, -0.2) is 85.9 Å². The molecule has 3 heterocycles. The van der Waals surface area contributed by atoms with Crippen molar-refractivity contribution in [2.45, 2.75) is 52.4 Å². The van der Waals surface area contributed by atoms with E-state index in [1.807, 2.05) is 38.1 Å². The summed E-state index contributed by atoms with van der Waals surface area (Å²) < 4.78 is 26.3. The lowest BCUT2D eigenvalue weighted by molar-refractivity contribution is -0.144. The first kappa shape index (κ1) is 38.5. The molecule has 57 heavy (non-hydrogen) atoms. The van der Waals surface area contributed by atoms with Crippen molar-refractivity contribution in [1.29, 1.82) is 0 Å². The van der Waals surface area contributed by atoms with Crippen LogP contribution >= 0.6 is 0 Å². The molecule has 7 rings (SSSR count). The van der Waals surface area contributed by atoms with Crippen molar-refractivity contribution in [1.82, 2.24) is 40.2 Å². The molecule has 0 spiro atoms. The molecule has 1 aliphatic heterocycles. The van der Waals surface area contributed by atoms with Crippen LogP contribution in [0.5, 0.6) is 5.75 Å². The highest BCUT2D eigenvalue weighted by molar-refractivity contribution is 6.07. The number of amides is 4. The third-order valence-electron chi connectivity index (χ3n) is 9.93. The molecule has 0 saturated carbocycles. The number of hydrogen-bond donors (Lipinski definition) is 3. The number of imidazole rings is 2. The van der Waals surface area contributed by atoms with Crippen LogP contribution in [0.1, 0.15) is 55.5 Å². The second kappa shape index (κ2) is 16.9. The summed E-state index contributed by atoms with van der Waals surface area (Å²) in [7, 11) is 1.06. The third kappa shape index (κ3) is 7.99. The van der Waals surface area contributed by atoms with Crippen molar-refractivity contribution in [3.05, 3.63) is 102 Å². The van der Waals surface area contributed by atoms with Gasteiger partial charge >= 0.3 is 6.09 Å². The van der Waals surface area contributed by atoms with Gasteiger partial charge in [0.15, 0.2) is 6.04 Å². The van der Waals surface area contributed by atoms with E-state index in [4.69, 9.17) is 9.72 Å². The molecule has 0 radical (unpaired) electrons. The van der Waals surface area contributed by atoms with E-state index in [1.54, 1.807) is 41.4 Å². The lowest BCUT2D eigenvalue weighted by Gasteiger charge is -2.29. The number of ether oxygens (including phenoxy) is 2. The summed E-state index contributed by atoms with van der Waals surface area (Å²) in [5.74, 6) is 1.08. The number of aromatic amines is 2. The van der Waals surface area contributed by atoms with Gasteiger partial charge in [0.2, 0.25) is 12.3 Å². The molecule has 15 heteroatoms. The lowest BCUT2D eigenvalue weighted by atomic mass is 9.92. The maximum Gasteiger partial charge on any atom is 0.438 e. The van der Waals surface area contributed by atoms with Crippen molar-refractivity contribution in [2.24, 2.45) is 0 Å². The number of methoxy groups -OCH3 is 1. The number of carbonyl (C=O) groups is 4. The Morgan fingerprint density at radius 1 is 0.947 bits per heavy atom. The number of nitrogens with zero attached hydrogens (tertiary/aromatic N) is 5. The van der Waals surface area contributed by atoms with E-state index in [1.165, 1.54) is 4.90 Å². The summed E-state index contributed by atoms with van der Waals surface area (Å²) >= 11 is 0. The zero-order chi connectivity index (χ0) is 40.1. The number of nitrogens with one attached hydrogen (secondary N) is 3. The average Bonchev–Trinajstić information content (AvgIpc) is 3.89. The van der Waals surface area contributed by atoms with Crippen LogP contribution in [0.4, 0.5) is 9.28 Å². The van der Waals surface area contributed by atoms with Gasteiger partial charge in [-0.05, 0) is 64.7 Å². The van der Waals surface area contributed by atoms with Crippen LogP contribution in [0, 0.1) is 0 Å². The number of aromatic nitrogens is 4.